The molecule has 3 rings (SSSR count). The Labute approximate surface area is 135 Å². The zero-order valence-corrected chi connectivity index (χ0v) is 13.5. The Morgan fingerprint density at radius 3 is 2.61 bits per heavy atom. The number of nitrogens with one attached hydrogen (secondary N) is 1. The van der Waals surface area contributed by atoms with Gasteiger partial charge in [0.1, 0.15) is 5.82 Å². The molecule has 2 aromatic carbocycles. The molecule has 0 spiro atoms. The number of nitrogens with zero attached hydrogens (tertiary/aromatic N) is 1. The summed E-state index contributed by atoms with van der Waals surface area (Å²) in [5.41, 5.74) is 2.94. The molecule has 1 N–H and O–H groups in total. The molecule has 0 amide bonds. The zero-order chi connectivity index (χ0) is 16.2. The topological polar surface area (TPSA) is 47.1 Å². The van der Waals surface area contributed by atoms with E-state index in [1.54, 1.807) is 7.11 Å². The average molecular weight is 308 g/mol. The van der Waals surface area contributed by atoms with Crippen LogP contribution in [0.5, 0.6) is 11.5 Å². The quantitative estimate of drug-likeness (QED) is 0.753. The normalized spacial score (nSPS) is 11.5. The lowest BCUT2D eigenvalue weighted by molar-refractivity contribution is 0.229. The van der Waals surface area contributed by atoms with Crippen molar-refractivity contribution < 1.29 is 9.47 Å². The molecule has 4 nitrogen and oxygen atoms in total. The second kappa shape index (κ2) is 6.57. The molecule has 0 unspecified atom stereocenters. The van der Waals surface area contributed by atoms with E-state index in [1.807, 2.05) is 68.5 Å². The van der Waals surface area contributed by atoms with Gasteiger partial charge in [-0.3, -0.25) is 0 Å². The van der Waals surface area contributed by atoms with Gasteiger partial charge < -0.3 is 14.5 Å². The average Bonchev–Trinajstić information content (AvgIpc) is 2.96. The van der Waals surface area contributed by atoms with E-state index in [2.05, 4.69) is 9.97 Å². The van der Waals surface area contributed by atoms with Crippen LogP contribution in [0.4, 0.5) is 0 Å². The van der Waals surface area contributed by atoms with Crippen LogP contribution >= 0.6 is 0 Å². The van der Waals surface area contributed by atoms with Crippen LogP contribution in [0, 0.1) is 0 Å². The first-order valence-electron chi connectivity index (χ1n) is 7.64. The van der Waals surface area contributed by atoms with Crippen molar-refractivity contribution >= 4 is 23.2 Å². The molecule has 0 aliphatic carbocycles. The van der Waals surface area contributed by atoms with Crippen LogP contribution in [0.1, 0.15) is 25.2 Å². The van der Waals surface area contributed by atoms with Gasteiger partial charge >= 0.3 is 0 Å². The number of benzene rings is 2. The standard InChI is InChI=1S/C19H20N2O2/c1-13(2)23-19-14(7-6-10-17(19)22-3)11-12-18-20-15-8-4-5-9-16(15)21-18/h4-13H,1-3H3,(H,20,21)/b12-11+. The Hall–Kier alpha value is -2.75. The third-order valence-corrected chi connectivity index (χ3v) is 3.41. The number of hydrogen-bond donors (Lipinski definition) is 1. The maximum Gasteiger partial charge on any atom is 0.168 e. The first-order valence-corrected chi connectivity index (χ1v) is 7.64. The lowest BCUT2D eigenvalue weighted by atomic mass is 10.1. The van der Waals surface area contributed by atoms with Crippen LogP contribution in [0.3, 0.4) is 0 Å². The zero-order valence-electron chi connectivity index (χ0n) is 13.5. The van der Waals surface area contributed by atoms with Crippen molar-refractivity contribution in [1.29, 1.82) is 0 Å². The van der Waals surface area contributed by atoms with Crippen molar-refractivity contribution in [3.8, 4) is 11.5 Å². The Bertz CT molecular complexity index is 801. The summed E-state index contributed by atoms with van der Waals surface area (Å²) < 4.78 is 11.3. The van der Waals surface area contributed by atoms with Crippen LogP contribution in [0.25, 0.3) is 23.2 Å². The first-order chi connectivity index (χ1) is 11.2. The van der Waals surface area contributed by atoms with Crippen LogP contribution in [0.15, 0.2) is 42.5 Å². The Kier molecular flexibility index (Phi) is 4.33. The summed E-state index contributed by atoms with van der Waals surface area (Å²) in [6, 6.07) is 13.8. The molecular weight excluding hydrogens is 288 g/mol. The van der Waals surface area contributed by atoms with Crippen molar-refractivity contribution in [1.82, 2.24) is 9.97 Å². The van der Waals surface area contributed by atoms with Gasteiger partial charge in [-0.25, -0.2) is 4.98 Å². The fraction of sp³-hybridized carbons (Fsp3) is 0.211. The molecule has 0 aliphatic rings. The minimum Gasteiger partial charge on any atom is -0.493 e. The molecule has 1 aromatic heterocycles. The van der Waals surface area contributed by atoms with E-state index in [-0.39, 0.29) is 6.10 Å². The highest BCUT2D eigenvalue weighted by molar-refractivity contribution is 5.79. The second-order valence-electron chi connectivity index (χ2n) is 5.52. The van der Waals surface area contributed by atoms with Gasteiger partial charge in [-0.2, -0.15) is 0 Å². The molecule has 0 saturated carbocycles. The number of hydrogen-bond acceptors (Lipinski definition) is 3. The van der Waals surface area contributed by atoms with E-state index >= 15 is 0 Å². The Morgan fingerprint density at radius 1 is 1.04 bits per heavy atom. The van der Waals surface area contributed by atoms with E-state index < -0.39 is 0 Å². The maximum absolute atomic E-state index is 5.91. The summed E-state index contributed by atoms with van der Waals surface area (Å²) in [6.45, 7) is 4.00. The summed E-state index contributed by atoms with van der Waals surface area (Å²) >= 11 is 0. The number of imidazole rings is 1. The fourth-order valence-corrected chi connectivity index (χ4v) is 2.41. The molecule has 118 valence electrons. The predicted octanol–water partition coefficient (Wildman–Crippen LogP) is 4.53. The van der Waals surface area contributed by atoms with Crippen molar-refractivity contribution in [2.45, 2.75) is 20.0 Å². The molecule has 0 saturated heterocycles. The van der Waals surface area contributed by atoms with Gasteiger partial charge in [-0.1, -0.05) is 24.3 Å². The molecule has 1 heterocycles. The van der Waals surface area contributed by atoms with Crippen molar-refractivity contribution in [2.24, 2.45) is 0 Å². The minimum atomic E-state index is 0.0738. The van der Waals surface area contributed by atoms with Crippen LogP contribution in [0.2, 0.25) is 0 Å². The molecule has 23 heavy (non-hydrogen) atoms. The van der Waals surface area contributed by atoms with Crippen LogP contribution in [-0.2, 0) is 0 Å². The Balaban J connectivity index is 1.94. The molecule has 0 bridgehead atoms. The van der Waals surface area contributed by atoms with Crippen LogP contribution < -0.4 is 9.47 Å². The Morgan fingerprint density at radius 2 is 1.87 bits per heavy atom. The molecule has 0 aliphatic heterocycles. The summed E-state index contributed by atoms with van der Waals surface area (Å²) in [7, 11) is 1.65. The number of methoxy groups -OCH3 is 1. The van der Waals surface area contributed by atoms with E-state index in [0.717, 1.165) is 33.9 Å². The fourth-order valence-electron chi connectivity index (χ4n) is 2.41. The van der Waals surface area contributed by atoms with Gasteiger partial charge in [0.25, 0.3) is 0 Å². The highest BCUT2D eigenvalue weighted by Gasteiger charge is 2.10. The van der Waals surface area contributed by atoms with E-state index in [0.29, 0.717) is 0 Å². The van der Waals surface area contributed by atoms with Gasteiger partial charge in [-0.15, -0.1) is 0 Å². The molecule has 4 heteroatoms. The highest BCUT2D eigenvalue weighted by atomic mass is 16.5. The SMILES string of the molecule is COc1cccc(/C=C/c2nc3ccccc3[nH]2)c1OC(C)C. The van der Waals surface area contributed by atoms with E-state index in [9.17, 15) is 0 Å². The van der Waals surface area contributed by atoms with E-state index in [1.165, 1.54) is 0 Å². The summed E-state index contributed by atoms with van der Waals surface area (Å²) in [4.78, 5) is 7.83. The number of aromatic amines is 1. The summed E-state index contributed by atoms with van der Waals surface area (Å²) in [5.74, 6) is 2.28. The van der Waals surface area contributed by atoms with Crippen molar-refractivity contribution in [2.75, 3.05) is 7.11 Å². The molecule has 3 aromatic rings. The number of para-hydroxylation sites is 3. The largest absolute Gasteiger partial charge is 0.493 e. The molecule has 0 fully saturated rings. The van der Waals surface area contributed by atoms with Crippen molar-refractivity contribution in [3.05, 3.63) is 53.9 Å². The van der Waals surface area contributed by atoms with Gasteiger partial charge in [0.05, 0.1) is 24.2 Å². The lowest BCUT2D eigenvalue weighted by Gasteiger charge is -2.15. The molecule has 0 radical (unpaired) electrons. The van der Waals surface area contributed by atoms with Gasteiger partial charge in [0.15, 0.2) is 11.5 Å². The number of ether oxygens (including phenoxy) is 2. The first kappa shape index (κ1) is 15.2. The number of aromatic nitrogens is 2. The molecular formula is C19H20N2O2. The van der Waals surface area contributed by atoms with Gasteiger partial charge in [0.2, 0.25) is 0 Å². The second-order valence-corrected chi connectivity index (χ2v) is 5.52. The number of fused-ring (bicyclic) bond motifs is 1. The van der Waals surface area contributed by atoms with Gasteiger partial charge in [0, 0.05) is 5.56 Å². The summed E-state index contributed by atoms with van der Waals surface area (Å²) in [6.07, 6.45) is 4.00. The minimum absolute atomic E-state index is 0.0738. The lowest BCUT2D eigenvalue weighted by Crippen LogP contribution is -2.07. The predicted molar refractivity (Wildman–Crippen MR) is 93.8 cm³/mol. The smallest absolute Gasteiger partial charge is 0.168 e. The number of H-pyrrole nitrogens is 1. The van der Waals surface area contributed by atoms with Crippen molar-refractivity contribution in [3.63, 3.8) is 0 Å². The van der Waals surface area contributed by atoms with Gasteiger partial charge in [-0.05, 0) is 44.2 Å². The van der Waals surface area contributed by atoms with E-state index in [4.69, 9.17) is 9.47 Å². The maximum atomic E-state index is 5.91. The van der Waals surface area contributed by atoms with Crippen LogP contribution in [-0.4, -0.2) is 23.2 Å². The molecule has 0 atom stereocenters. The highest BCUT2D eigenvalue weighted by Crippen LogP contribution is 2.33. The third kappa shape index (κ3) is 3.37. The number of rotatable bonds is 5. The monoisotopic (exact) mass is 308 g/mol. The summed E-state index contributed by atoms with van der Waals surface area (Å²) in [5, 5.41) is 0. The third-order valence-electron chi connectivity index (χ3n) is 3.41.